The first-order chi connectivity index (χ1) is 15.3. The van der Waals surface area contributed by atoms with Crippen LogP contribution in [0.4, 0.5) is 0 Å². The van der Waals surface area contributed by atoms with E-state index >= 15 is 0 Å². The van der Waals surface area contributed by atoms with E-state index in [-0.39, 0.29) is 23.1 Å². The van der Waals surface area contributed by atoms with E-state index in [9.17, 15) is 13.5 Å². The molecule has 1 fully saturated rings. The zero-order valence-electron chi connectivity index (χ0n) is 16.9. The first-order valence-electron chi connectivity index (χ1n) is 10.0. The third-order valence-corrected chi connectivity index (χ3v) is 7.44. The highest BCUT2D eigenvalue weighted by Gasteiger charge is 2.25. The molecule has 9 nitrogen and oxygen atoms in total. The number of nitrogens with zero attached hydrogens (tertiary/aromatic N) is 3. The van der Waals surface area contributed by atoms with Gasteiger partial charge in [-0.1, -0.05) is 29.3 Å². The van der Waals surface area contributed by atoms with Crippen LogP contribution in [-0.2, 0) is 10.0 Å². The van der Waals surface area contributed by atoms with Crippen molar-refractivity contribution in [3.63, 3.8) is 0 Å². The third-order valence-electron chi connectivity index (χ3n) is 5.24. The molecule has 0 saturated carbocycles. The molecule has 2 heterocycles. The fraction of sp³-hybridized carbons (Fsp3) is 0.400. The Labute approximate surface area is 195 Å². The van der Waals surface area contributed by atoms with Gasteiger partial charge >= 0.3 is 0 Å². The first kappa shape index (κ1) is 23.2. The minimum atomic E-state index is -3.87. The number of fused-ring (bicyclic) bond motifs is 1. The molecule has 0 amide bonds. The van der Waals surface area contributed by atoms with Crippen molar-refractivity contribution >= 4 is 44.3 Å². The maximum Gasteiger partial charge on any atom is 0.243 e. The van der Waals surface area contributed by atoms with Crippen molar-refractivity contribution in [2.24, 2.45) is 0 Å². The van der Waals surface area contributed by atoms with Crippen LogP contribution in [0.1, 0.15) is 12.8 Å². The van der Waals surface area contributed by atoms with Gasteiger partial charge in [0, 0.05) is 32.2 Å². The number of likely N-dealkylation sites (tertiary alicyclic amines) is 1. The van der Waals surface area contributed by atoms with Crippen LogP contribution in [0.25, 0.3) is 11.0 Å². The molecule has 3 aromatic rings. The van der Waals surface area contributed by atoms with Gasteiger partial charge in [-0.2, -0.15) is 0 Å². The van der Waals surface area contributed by atoms with Crippen LogP contribution in [0.5, 0.6) is 5.75 Å². The monoisotopic (exact) mass is 500 g/mol. The van der Waals surface area contributed by atoms with Crippen LogP contribution in [0.2, 0.25) is 10.0 Å². The molecule has 0 unspecified atom stereocenters. The lowest BCUT2D eigenvalue weighted by atomic mass is 10.1. The molecule has 172 valence electrons. The quantitative estimate of drug-likeness (QED) is 0.484. The summed E-state index contributed by atoms with van der Waals surface area (Å²) >= 11 is 12.0. The van der Waals surface area contributed by atoms with Gasteiger partial charge in [0.25, 0.3) is 0 Å². The summed E-state index contributed by atoms with van der Waals surface area (Å²) < 4.78 is 38.3. The Morgan fingerprint density at radius 1 is 1.19 bits per heavy atom. The predicted octanol–water partition coefficient (Wildman–Crippen LogP) is 2.71. The highest BCUT2D eigenvalue weighted by Crippen LogP contribution is 2.28. The van der Waals surface area contributed by atoms with E-state index in [0.29, 0.717) is 27.9 Å². The number of nitrogens with one attached hydrogen (secondary N) is 1. The number of ether oxygens (including phenoxy) is 1. The molecule has 0 aliphatic carbocycles. The number of rotatable bonds is 8. The van der Waals surface area contributed by atoms with Gasteiger partial charge in [0.2, 0.25) is 10.0 Å². The SMILES string of the molecule is O=S(=O)(NC[C@H](O)CN1CCC(Oc2ccc(Cl)c(Cl)c2)CC1)c1cccc2nonc12. The fourth-order valence-electron chi connectivity index (χ4n) is 3.60. The van der Waals surface area contributed by atoms with Crippen LogP contribution < -0.4 is 9.46 Å². The molecular weight excluding hydrogens is 479 g/mol. The fourth-order valence-corrected chi connectivity index (χ4v) is 5.11. The van der Waals surface area contributed by atoms with Crippen LogP contribution >= 0.6 is 23.2 Å². The number of hydrogen-bond donors (Lipinski definition) is 2. The zero-order chi connectivity index (χ0) is 22.7. The second-order valence-electron chi connectivity index (χ2n) is 7.59. The molecule has 2 aromatic carbocycles. The van der Waals surface area contributed by atoms with E-state index < -0.39 is 16.1 Å². The molecule has 4 rings (SSSR count). The van der Waals surface area contributed by atoms with Gasteiger partial charge < -0.3 is 14.7 Å². The first-order valence-corrected chi connectivity index (χ1v) is 12.3. The van der Waals surface area contributed by atoms with Gasteiger partial charge in [-0.3, -0.25) is 0 Å². The number of sulfonamides is 1. The molecule has 1 aliphatic heterocycles. The van der Waals surface area contributed by atoms with Crippen LogP contribution in [0.15, 0.2) is 45.9 Å². The lowest BCUT2D eigenvalue weighted by molar-refractivity contribution is 0.0630. The number of aliphatic hydroxyl groups excluding tert-OH is 1. The summed E-state index contributed by atoms with van der Waals surface area (Å²) in [7, 11) is -3.87. The van der Waals surface area contributed by atoms with Crippen molar-refractivity contribution in [2.45, 2.75) is 29.9 Å². The third kappa shape index (κ3) is 5.51. The summed E-state index contributed by atoms with van der Waals surface area (Å²) in [6.07, 6.45) is 0.724. The summed E-state index contributed by atoms with van der Waals surface area (Å²) in [5, 5.41) is 18.6. The molecule has 1 atom stereocenters. The lowest BCUT2D eigenvalue weighted by Gasteiger charge is -2.33. The standard InChI is InChI=1S/C20H22Cl2N4O5S/c21-16-5-4-15(10-17(16)22)30-14-6-8-26(9-7-14)12-13(27)11-23-32(28,29)19-3-1-2-18-20(19)25-31-24-18/h1-5,10,13-14,23,27H,6-9,11-12H2/t13-/m0/s1. The Kier molecular flexibility index (Phi) is 7.18. The molecule has 1 saturated heterocycles. The van der Waals surface area contributed by atoms with Crippen molar-refractivity contribution < 1.29 is 22.9 Å². The van der Waals surface area contributed by atoms with Crippen molar-refractivity contribution in [1.29, 1.82) is 0 Å². The average Bonchev–Trinajstić information content (AvgIpc) is 3.25. The van der Waals surface area contributed by atoms with Crippen LogP contribution in [0.3, 0.4) is 0 Å². The number of aromatic nitrogens is 2. The van der Waals surface area contributed by atoms with E-state index in [0.717, 1.165) is 25.9 Å². The Balaban J connectivity index is 1.25. The van der Waals surface area contributed by atoms with Crippen molar-refractivity contribution in [2.75, 3.05) is 26.2 Å². The van der Waals surface area contributed by atoms with Gasteiger partial charge in [-0.05, 0) is 47.4 Å². The van der Waals surface area contributed by atoms with Gasteiger partial charge in [-0.25, -0.2) is 17.8 Å². The number of β-amino-alcohol motifs (C(OH)–C–C–N with tert-alkyl or cyclic N) is 1. The lowest BCUT2D eigenvalue weighted by Crippen LogP contribution is -2.45. The maximum atomic E-state index is 12.6. The summed E-state index contributed by atoms with van der Waals surface area (Å²) in [5.74, 6) is 0.671. The average molecular weight is 501 g/mol. The second kappa shape index (κ2) is 9.90. The zero-order valence-corrected chi connectivity index (χ0v) is 19.3. The van der Waals surface area contributed by atoms with E-state index in [1.807, 2.05) is 0 Å². The van der Waals surface area contributed by atoms with Gasteiger partial charge in [-0.15, -0.1) is 0 Å². The Morgan fingerprint density at radius 2 is 1.97 bits per heavy atom. The molecule has 12 heteroatoms. The molecule has 1 aromatic heterocycles. The highest BCUT2D eigenvalue weighted by molar-refractivity contribution is 7.89. The van der Waals surface area contributed by atoms with E-state index in [2.05, 4.69) is 24.6 Å². The summed E-state index contributed by atoms with van der Waals surface area (Å²) in [6.45, 7) is 1.67. The van der Waals surface area contributed by atoms with Gasteiger partial charge in [0.05, 0.1) is 16.1 Å². The number of benzene rings is 2. The topological polar surface area (TPSA) is 118 Å². The van der Waals surface area contributed by atoms with E-state index in [1.54, 1.807) is 30.3 Å². The minimum Gasteiger partial charge on any atom is -0.490 e. The smallest absolute Gasteiger partial charge is 0.243 e. The second-order valence-corrected chi connectivity index (χ2v) is 10.1. The molecule has 0 bridgehead atoms. The number of piperidine rings is 1. The van der Waals surface area contributed by atoms with E-state index in [1.165, 1.54) is 6.07 Å². The molecule has 1 aliphatic rings. The Hall–Kier alpha value is -1.95. The molecule has 2 N–H and O–H groups in total. The highest BCUT2D eigenvalue weighted by atomic mass is 35.5. The number of hydrogen-bond acceptors (Lipinski definition) is 8. The van der Waals surface area contributed by atoms with Gasteiger partial charge in [0.1, 0.15) is 22.3 Å². The molecule has 0 radical (unpaired) electrons. The largest absolute Gasteiger partial charge is 0.490 e. The summed E-state index contributed by atoms with van der Waals surface area (Å²) in [5.41, 5.74) is 0.498. The van der Waals surface area contributed by atoms with Crippen LogP contribution in [-0.4, -0.2) is 67.1 Å². The Morgan fingerprint density at radius 3 is 2.72 bits per heavy atom. The van der Waals surface area contributed by atoms with Crippen LogP contribution in [0, 0.1) is 0 Å². The molecule has 32 heavy (non-hydrogen) atoms. The minimum absolute atomic E-state index is 0.0377. The Bertz CT molecular complexity index is 1180. The van der Waals surface area contributed by atoms with Crippen molar-refractivity contribution in [3.8, 4) is 5.75 Å². The summed E-state index contributed by atoms with van der Waals surface area (Å²) in [4.78, 5) is 2.04. The maximum absolute atomic E-state index is 12.6. The van der Waals surface area contributed by atoms with Crippen molar-refractivity contribution in [1.82, 2.24) is 19.9 Å². The number of aliphatic hydroxyl groups is 1. The summed E-state index contributed by atoms with van der Waals surface area (Å²) in [6, 6.07) is 9.76. The molecule has 0 spiro atoms. The predicted molar refractivity (Wildman–Crippen MR) is 120 cm³/mol. The number of halogens is 2. The molecular formula is C20H22Cl2N4O5S. The van der Waals surface area contributed by atoms with Crippen molar-refractivity contribution in [3.05, 3.63) is 46.4 Å². The van der Waals surface area contributed by atoms with Gasteiger partial charge in [0.15, 0.2) is 5.52 Å². The van der Waals surface area contributed by atoms with E-state index in [4.69, 9.17) is 27.9 Å². The normalized spacial score (nSPS) is 17.0.